The zero-order valence-electron chi connectivity index (χ0n) is 16.4. The molecule has 1 fully saturated rings. The van der Waals surface area contributed by atoms with E-state index < -0.39 is 5.66 Å². The molecule has 150 valence electrons. The van der Waals surface area contributed by atoms with Crippen LogP contribution in [0.25, 0.3) is 0 Å². The van der Waals surface area contributed by atoms with Crippen molar-refractivity contribution in [3.05, 3.63) is 53.7 Å². The Kier molecular flexibility index (Phi) is 4.92. The molecule has 4 rings (SSSR count). The Bertz CT molecular complexity index is 992. The summed E-state index contributed by atoms with van der Waals surface area (Å²) in [6, 6.07) is 12.8. The van der Waals surface area contributed by atoms with E-state index in [0.717, 1.165) is 37.8 Å². The highest BCUT2D eigenvalue weighted by Crippen LogP contribution is 2.40. The lowest BCUT2D eigenvalue weighted by molar-refractivity contribution is 0.102. The fourth-order valence-corrected chi connectivity index (χ4v) is 4.13. The van der Waals surface area contributed by atoms with Gasteiger partial charge in [-0.15, -0.1) is 0 Å². The van der Waals surface area contributed by atoms with Crippen molar-refractivity contribution in [1.82, 2.24) is 4.98 Å². The molecular formula is C21H25N7O. The molecule has 0 unspecified atom stereocenters. The number of carbonyl (C=O) groups is 1. The number of hydrogen-bond donors (Lipinski definition) is 3. The van der Waals surface area contributed by atoms with Crippen LogP contribution >= 0.6 is 0 Å². The molecule has 0 atom stereocenters. The maximum atomic E-state index is 13.1. The van der Waals surface area contributed by atoms with Crippen LogP contribution in [0.2, 0.25) is 0 Å². The van der Waals surface area contributed by atoms with E-state index in [1.165, 1.54) is 0 Å². The van der Waals surface area contributed by atoms with Crippen LogP contribution in [0.15, 0.2) is 52.4 Å². The average molecular weight is 391 g/mol. The van der Waals surface area contributed by atoms with Crippen molar-refractivity contribution < 1.29 is 4.79 Å². The summed E-state index contributed by atoms with van der Waals surface area (Å²) in [4.78, 5) is 28.2. The van der Waals surface area contributed by atoms with E-state index in [1.54, 1.807) is 12.1 Å². The van der Waals surface area contributed by atoms with E-state index >= 15 is 0 Å². The van der Waals surface area contributed by atoms with Crippen LogP contribution in [0.3, 0.4) is 0 Å². The number of rotatable bonds is 3. The molecule has 0 bridgehead atoms. The Morgan fingerprint density at radius 1 is 1.07 bits per heavy atom. The molecule has 2 aromatic rings. The number of guanidine groups is 2. The van der Waals surface area contributed by atoms with Gasteiger partial charge in [-0.05, 0) is 56.9 Å². The molecule has 0 saturated heterocycles. The number of anilines is 2. The molecule has 29 heavy (non-hydrogen) atoms. The van der Waals surface area contributed by atoms with Crippen molar-refractivity contribution in [1.29, 1.82) is 0 Å². The number of amides is 1. The number of aliphatic imine (C=N–C) groups is 2. The summed E-state index contributed by atoms with van der Waals surface area (Å²) < 4.78 is 0. The van der Waals surface area contributed by atoms with Gasteiger partial charge in [0.2, 0.25) is 11.9 Å². The maximum absolute atomic E-state index is 13.1. The van der Waals surface area contributed by atoms with Crippen LogP contribution in [0.4, 0.5) is 11.5 Å². The van der Waals surface area contributed by atoms with Gasteiger partial charge in [-0.1, -0.05) is 24.6 Å². The van der Waals surface area contributed by atoms with E-state index in [1.807, 2.05) is 42.2 Å². The SMILES string of the molecule is Cc1cccc(NC(=O)c2ccccc2N2C(N)=NC(N)=NC23CCCCC3)n1. The standard InChI is InChI=1S/C21H25N7O/c1-14-8-7-11-17(24-14)25-18(29)15-9-3-4-10-16(15)28-20(23)26-19(22)27-21(28)12-5-2-6-13-21/h3-4,7-11H,2,5-6,12-13H2,1H3,(H,24,25,29)(H4,22,23,26,27). The Morgan fingerprint density at radius 3 is 2.59 bits per heavy atom. The van der Waals surface area contributed by atoms with Gasteiger partial charge >= 0.3 is 0 Å². The summed E-state index contributed by atoms with van der Waals surface area (Å²) in [7, 11) is 0. The molecule has 1 amide bonds. The van der Waals surface area contributed by atoms with E-state index in [0.29, 0.717) is 17.1 Å². The number of pyridine rings is 1. The summed E-state index contributed by atoms with van der Waals surface area (Å²) in [5.74, 6) is 0.680. The summed E-state index contributed by atoms with van der Waals surface area (Å²) in [5, 5.41) is 2.88. The molecule has 1 saturated carbocycles. The summed E-state index contributed by atoms with van der Waals surface area (Å²) in [6.07, 6.45) is 4.78. The van der Waals surface area contributed by atoms with Gasteiger partial charge in [0, 0.05) is 5.69 Å². The van der Waals surface area contributed by atoms with Crippen LogP contribution in [0, 0.1) is 6.92 Å². The highest BCUT2D eigenvalue weighted by Gasteiger charge is 2.43. The number of nitrogens with one attached hydrogen (secondary N) is 1. The molecular weight excluding hydrogens is 366 g/mol. The molecule has 2 heterocycles. The van der Waals surface area contributed by atoms with Crippen molar-refractivity contribution in [2.24, 2.45) is 21.5 Å². The van der Waals surface area contributed by atoms with Crippen LogP contribution in [0.1, 0.15) is 48.2 Å². The van der Waals surface area contributed by atoms with E-state index in [2.05, 4.69) is 20.3 Å². The third kappa shape index (κ3) is 3.65. The first-order valence-corrected chi connectivity index (χ1v) is 9.82. The van der Waals surface area contributed by atoms with Crippen LogP contribution in [0.5, 0.6) is 0 Å². The second kappa shape index (κ2) is 7.54. The zero-order valence-corrected chi connectivity index (χ0v) is 16.4. The second-order valence-electron chi connectivity index (χ2n) is 7.45. The first-order valence-electron chi connectivity index (χ1n) is 9.82. The number of nitrogens with zero attached hydrogens (tertiary/aromatic N) is 4. The minimum absolute atomic E-state index is 0.187. The van der Waals surface area contributed by atoms with Crippen molar-refractivity contribution >= 4 is 29.3 Å². The molecule has 8 nitrogen and oxygen atoms in total. The van der Waals surface area contributed by atoms with Crippen molar-refractivity contribution in [2.75, 3.05) is 10.2 Å². The topological polar surface area (TPSA) is 122 Å². The van der Waals surface area contributed by atoms with Crippen LogP contribution in [-0.2, 0) is 0 Å². The smallest absolute Gasteiger partial charge is 0.258 e. The third-order valence-electron chi connectivity index (χ3n) is 5.37. The number of para-hydroxylation sites is 1. The lowest BCUT2D eigenvalue weighted by Gasteiger charge is -2.46. The first kappa shape index (κ1) is 18.9. The molecule has 5 N–H and O–H groups in total. The van der Waals surface area contributed by atoms with Crippen molar-refractivity contribution in [3.63, 3.8) is 0 Å². The van der Waals surface area contributed by atoms with Crippen molar-refractivity contribution in [2.45, 2.75) is 44.7 Å². The maximum Gasteiger partial charge on any atom is 0.258 e. The number of hydrogen-bond acceptors (Lipinski definition) is 7. The quantitative estimate of drug-likeness (QED) is 0.742. The van der Waals surface area contributed by atoms with Gasteiger partial charge in [0.25, 0.3) is 5.91 Å². The Balaban J connectivity index is 1.73. The lowest BCUT2D eigenvalue weighted by atomic mass is 9.87. The molecule has 1 aliphatic heterocycles. The third-order valence-corrected chi connectivity index (χ3v) is 5.37. The van der Waals surface area contributed by atoms with Crippen LogP contribution in [-0.4, -0.2) is 28.5 Å². The van der Waals surface area contributed by atoms with Crippen molar-refractivity contribution in [3.8, 4) is 0 Å². The summed E-state index contributed by atoms with van der Waals surface area (Å²) in [6.45, 7) is 1.88. The number of carbonyl (C=O) groups excluding carboxylic acids is 1. The van der Waals surface area contributed by atoms with Gasteiger partial charge in [0.1, 0.15) is 11.5 Å². The first-order chi connectivity index (χ1) is 14.0. The summed E-state index contributed by atoms with van der Waals surface area (Å²) in [5.41, 5.74) is 13.6. The predicted octanol–water partition coefficient (Wildman–Crippen LogP) is 2.75. The molecule has 1 aromatic heterocycles. The zero-order chi connectivity index (χ0) is 20.4. The number of nitrogens with two attached hydrogens (primary N) is 2. The van der Waals surface area contributed by atoms with Gasteiger partial charge in [-0.3, -0.25) is 9.69 Å². The largest absolute Gasteiger partial charge is 0.369 e. The highest BCUT2D eigenvalue weighted by molar-refractivity contribution is 6.13. The number of benzene rings is 1. The minimum Gasteiger partial charge on any atom is -0.369 e. The van der Waals surface area contributed by atoms with E-state index in [9.17, 15) is 4.79 Å². The Labute approximate surface area is 169 Å². The number of aromatic nitrogens is 1. The molecule has 1 spiro atoms. The average Bonchev–Trinajstić information content (AvgIpc) is 2.68. The fraction of sp³-hybridized carbons (Fsp3) is 0.333. The van der Waals surface area contributed by atoms with Gasteiger partial charge < -0.3 is 16.8 Å². The van der Waals surface area contributed by atoms with Crippen LogP contribution < -0.4 is 21.7 Å². The number of aryl methyl sites for hydroxylation is 1. The Morgan fingerprint density at radius 2 is 1.83 bits per heavy atom. The summed E-state index contributed by atoms with van der Waals surface area (Å²) >= 11 is 0. The highest BCUT2D eigenvalue weighted by atomic mass is 16.1. The minimum atomic E-state index is -0.605. The van der Waals surface area contributed by atoms with E-state index in [4.69, 9.17) is 11.5 Å². The predicted molar refractivity (Wildman–Crippen MR) is 115 cm³/mol. The van der Waals surface area contributed by atoms with Gasteiger partial charge in [0.05, 0.1) is 11.3 Å². The normalized spacial score (nSPS) is 18.2. The van der Waals surface area contributed by atoms with Gasteiger partial charge in [0.15, 0.2) is 0 Å². The molecule has 8 heteroatoms. The van der Waals surface area contributed by atoms with Gasteiger partial charge in [-0.25, -0.2) is 9.98 Å². The fourth-order valence-electron chi connectivity index (χ4n) is 4.13. The van der Waals surface area contributed by atoms with Gasteiger partial charge in [-0.2, -0.15) is 4.99 Å². The lowest BCUT2D eigenvalue weighted by Crippen LogP contribution is -2.58. The van der Waals surface area contributed by atoms with E-state index in [-0.39, 0.29) is 17.8 Å². The second-order valence-corrected chi connectivity index (χ2v) is 7.45. The Hall–Kier alpha value is -3.42. The molecule has 1 aliphatic carbocycles. The molecule has 1 aromatic carbocycles. The molecule has 2 aliphatic rings. The monoisotopic (exact) mass is 391 g/mol. The molecule has 0 radical (unpaired) electrons.